The molecule has 4 nitrogen and oxygen atoms in total. The summed E-state index contributed by atoms with van der Waals surface area (Å²) in [5.74, 6) is 2.70. The van der Waals surface area contributed by atoms with E-state index in [-0.39, 0.29) is 0 Å². The minimum Gasteiger partial charge on any atom is -0.211 e. The number of aliphatic imine (C=N–C) groups is 2. The van der Waals surface area contributed by atoms with E-state index in [4.69, 9.17) is 0 Å². The highest BCUT2D eigenvalue weighted by Gasteiger charge is 1.87. The van der Waals surface area contributed by atoms with Gasteiger partial charge in [-0.1, -0.05) is 0 Å². The van der Waals surface area contributed by atoms with Gasteiger partial charge in [-0.3, -0.25) is 0 Å². The zero-order chi connectivity index (χ0) is 9.07. The Hall–Kier alpha value is -0.540. The van der Waals surface area contributed by atoms with E-state index in [9.17, 15) is 9.59 Å². The first-order chi connectivity index (χ1) is 5.91. The Morgan fingerprint density at radius 1 is 0.917 bits per heavy atom. The molecular weight excluding hydrogens is 196 g/mol. The summed E-state index contributed by atoms with van der Waals surface area (Å²) in [5, 5.41) is 0. The summed E-state index contributed by atoms with van der Waals surface area (Å²) in [7, 11) is 0. The fourth-order valence-electron chi connectivity index (χ4n) is 0.391. The second kappa shape index (κ2) is 10.5. The average Bonchev–Trinajstić information content (AvgIpc) is 2.10. The van der Waals surface area contributed by atoms with Gasteiger partial charge in [0.05, 0.1) is 11.8 Å². The predicted octanol–water partition coefficient (Wildman–Crippen LogP) is 1.04. The minimum atomic E-state index is 0.459. The van der Waals surface area contributed by atoms with Crippen molar-refractivity contribution in [2.75, 3.05) is 23.3 Å². The largest absolute Gasteiger partial charge is 0.235 e. The second-order valence-electron chi connectivity index (χ2n) is 1.57. The average molecular weight is 204 g/mol. The molecule has 0 heterocycles. The first-order valence-electron chi connectivity index (χ1n) is 3.14. The van der Waals surface area contributed by atoms with Crippen molar-refractivity contribution in [2.24, 2.45) is 9.98 Å². The number of carbonyl (C=O) groups excluding carboxylic acids is 2. The Labute approximate surface area is 78.9 Å². The molecule has 0 spiro atoms. The van der Waals surface area contributed by atoms with Crippen LogP contribution in [0.3, 0.4) is 0 Å². The Bertz CT molecular complexity index is 176. The summed E-state index contributed by atoms with van der Waals surface area (Å²) in [5.41, 5.74) is 0. The number of nitrogens with zero attached hydrogens (tertiary/aromatic N) is 2. The molecule has 0 aromatic rings. The van der Waals surface area contributed by atoms with Gasteiger partial charge in [0.2, 0.25) is 12.2 Å². The molecule has 0 aromatic heterocycles. The zero-order valence-electron chi connectivity index (χ0n) is 6.36. The third-order valence-electron chi connectivity index (χ3n) is 0.813. The van der Waals surface area contributed by atoms with E-state index in [1.54, 1.807) is 23.5 Å². The van der Waals surface area contributed by atoms with E-state index in [1.807, 2.05) is 0 Å². The zero-order valence-corrected chi connectivity index (χ0v) is 7.99. The molecule has 66 valence electrons. The van der Waals surface area contributed by atoms with Crippen molar-refractivity contribution >= 4 is 35.7 Å². The molecule has 0 saturated carbocycles. The van der Waals surface area contributed by atoms with Gasteiger partial charge >= 0.3 is 0 Å². The third kappa shape index (κ3) is 9.46. The Morgan fingerprint density at radius 2 is 1.33 bits per heavy atom. The van der Waals surface area contributed by atoms with Crippen molar-refractivity contribution in [3.63, 3.8) is 0 Å². The van der Waals surface area contributed by atoms with Crippen LogP contribution in [0.1, 0.15) is 0 Å². The Morgan fingerprint density at radius 3 is 1.67 bits per heavy atom. The van der Waals surface area contributed by atoms with E-state index in [0.29, 0.717) is 11.8 Å². The summed E-state index contributed by atoms with van der Waals surface area (Å²) >= 11 is 3.09. The maximum Gasteiger partial charge on any atom is 0.235 e. The number of isocyanates is 2. The number of hydrogen-bond donors (Lipinski definition) is 0. The van der Waals surface area contributed by atoms with Gasteiger partial charge < -0.3 is 0 Å². The van der Waals surface area contributed by atoms with E-state index < -0.39 is 0 Å². The number of rotatable bonds is 7. The normalized spacial score (nSPS) is 8.33. The maximum atomic E-state index is 9.61. The van der Waals surface area contributed by atoms with Crippen molar-refractivity contribution in [1.29, 1.82) is 0 Å². The molecule has 0 amide bonds. The Balaban J connectivity index is 3.00. The maximum absolute atomic E-state index is 9.61. The molecule has 0 aliphatic carbocycles. The highest BCUT2D eigenvalue weighted by atomic mass is 32.2. The third-order valence-corrected chi connectivity index (χ3v) is 2.68. The minimum absolute atomic E-state index is 0.459. The molecule has 0 atom stereocenters. The van der Waals surface area contributed by atoms with Crippen molar-refractivity contribution in [3.05, 3.63) is 0 Å². The molecule has 0 aliphatic heterocycles. The summed E-state index contributed by atoms with van der Waals surface area (Å²) in [6, 6.07) is 0. The molecule has 0 bridgehead atoms. The van der Waals surface area contributed by atoms with Crippen LogP contribution in [0.4, 0.5) is 0 Å². The molecule has 0 N–H and O–H groups in total. The van der Waals surface area contributed by atoms with E-state index in [0.717, 1.165) is 11.5 Å². The van der Waals surface area contributed by atoms with Gasteiger partial charge in [0, 0.05) is 11.5 Å². The van der Waals surface area contributed by atoms with Gasteiger partial charge in [0.1, 0.15) is 0 Å². The molecule has 0 aliphatic rings. The van der Waals surface area contributed by atoms with Crippen molar-refractivity contribution in [2.45, 2.75) is 0 Å². The van der Waals surface area contributed by atoms with Crippen LogP contribution in [-0.2, 0) is 9.59 Å². The van der Waals surface area contributed by atoms with Crippen molar-refractivity contribution in [3.8, 4) is 0 Å². The first kappa shape index (κ1) is 11.5. The van der Waals surface area contributed by atoms with Crippen LogP contribution < -0.4 is 0 Å². The second-order valence-corrected chi connectivity index (χ2v) is 3.72. The lowest BCUT2D eigenvalue weighted by atomic mass is 11.0. The highest BCUT2D eigenvalue weighted by Crippen LogP contribution is 2.06. The lowest BCUT2D eigenvalue weighted by molar-refractivity contribution is 0.563. The molecule has 0 radical (unpaired) electrons. The fourth-order valence-corrected chi connectivity index (χ4v) is 1.88. The molecule has 0 saturated heterocycles. The molecule has 12 heavy (non-hydrogen) atoms. The van der Waals surface area contributed by atoms with Gasteiger partial charge in [-0.15, -0.1) is 23.5 Å². The lowest BCUT2D eigenvalue weighted by Crippen LogP contribution is -1.85. The highest BCUT2D eigenvalue weighted by molar-refractivity contribution is 8.02. The Kier molecular flexibility index (Phi) is 9.99. The monoisotopic (exact) mass is 204 g/mol. The predicted molar refractivity (Wildman–Crippen MR) is 50.9 cm³/mol. The van der Waals surface area contributed by atoms with Crippen LogP contribution in [0.15, 0.2) is 9.98 Å². The molecule has 0 aromatic carbocycles. The van der Waals surface area contributed by atoms with Gasteiger partial charge in [-0.2, -0.15) is 9.98 Å². The molecule has 0 rings (SSSR count). The number of hydrogen-bond acceptors (Lipinski definition) is 6. The van der Waals surface area contributed by atoms with Crippen molar-refractivity contribution < 1.29 is 9.59 Å². The number of thioether (sulfide) groups is 2. The van der Waals surface area contributed by atoms with Gasteiger partial charge in [-0.25, -0.2) is 9.59 Å². The van der Waals surface area contributed by atoms with Gasteiger partial charge in [0.25, 0.3) is 0 Å². The summed E-state index contributed by atoms with van der Waals surface area (Å²) in [6.07, 6.45) is 2.91. The van der Waals surface area contributed by atoms with Crippen LogP contribution in [0.25, 0.3) is 0 Å². The molecule has 0 fully saturated rings. The first-order valence-corrected chi connectivity index (χ1v) is 5.45. The smallest absolute Gasteiger partial charge is 0.211 e. The SMILES string of the molecule is O=C=NCSCCSCN=C=O. The van der Waals surface area contributed by atoms with Crippen LogP contribution in [-0.4, -0.2) is 35.4 Å². The van der Waals surface area contributed by atoms with E-state index >= 15 is 0 Å². The molecule has 0 unspecified atom stereocenters. The standard InChI is InChI=1S/C6H8N2O2S2/c9-3-7-5-11-1-2-12-6-8-4-10/h1-2,5-6H2. The summed E-state index contributed by atoms with van der Waals surface area (Å²) < 4.78 is 0. The van der Waals surface area contributed by atoms with Crippen LogP contribution in [0, 0.1) is 0 Å². The van der Waals surface area contributed by atoms with Crippen LogP contribution in [0.5, 0.6) is 0 Å². The topological polar surface area (TPSA) is 58.9 Å². The lowest BCUT2D eigenvalue weighted by Gasteiger charge is -1.94. The molecule has 6 heteroatoms. The van der Waals surface area contributed by atoms with Crippen LogP contribution >= 0.6 is 23.5 Å². The quantitative estimate of drug-likeness (QED) is 0.353. The van der Waals surface area contributed by atoms with Crippen LogP contribution in [0.2, 0.25) is 0 Å². The van der Waals surface area contributed by atoms with Crippen molar-refractivity contribution in [1.82, 2.24) is 0 Å². The van der Waals surface area contributed by atoms with E-state index in [1.165, 1.54) is 12.2 Å². The van der Waals surface area contributed by atoms with Gasteiger partial charge in [0.15, 0.2) is 0 Å². The molecular formula is C6H8N2O2S2. The van der Waals surface area contributed by atoms with E-state index in [2.05, 4.69) is 9.98 Å². The van der Waals surface area contributed by atoms with Gasteiger partial charge in [-0.05, 0) is 0 Å². The summed E-state index contributed by atoms with van der Waals surface area (Å²) in [6.45, 7) is 0. The summed E-state index contributed by atoms with van der Waals surface area (Å²) in [4.78, 5) is 26.0. The fraction of sp³-hybridized carbons (Fsp3) is 0.667.